The van der Waals surface area contributed by atoms with Crippen molar-refractivity contribution in [2.75, 3.05) is 0 Å². The third-order valence-electron chi connectivity index (χ3n) is 9.75. The number of imidazole rings is 1. The van der Waals surface area contributed by atoms with Crippen LogP contribution in [0.5, 0.6) is 0 Å². The Hall–Kier alpha value is -4.63. The van der Waals surface area contributed by atoms with Crippen molar-refractivity contribution in [2.45, 2.75) is 0 Å². The molecule has 0 fully saturated rings. The van der Waals surface area contributed by atoms with Crippen LogP contribution in [0.25, 0.3) is 71.4 Å². The van der Waals surface area contributed by atoms with E-state index in [-0.39, 0.29) is 0 Å². The second kappa shape index (κ2) is 9.19. The second-order valence-corrected chi connectivity index (χ2v) is 11.8. The molecule has 0 aliphatic carbocycles. The van der Waals surface area contributed by atoms with Gasteiger partial charge in [-0.25, -0.2) is 4.98 Å². The van der Waals surface area contributed by atoms with Gasteiger partial charge >= 0.3 is 0 Å². The number of fused-ring (bicyclic) bond motifs is 10. The lowest BCUT2D eigenvalue weighted by Gasteiger charge is -2.20. The molecule has 0 bridgehead atoms. The van der Waals surface area contributed by atoms with Gasteiger partial charge in [0.25, 0.3) is 0 Å². The molecular formula is C35H27B5N2. The molecule has 8 rings (SSSR count). The summed E-state index contributed by atoms with van der Waals surface area (Å²) in [5.74, 6) is 0. The summed E-state index contributed by atoms with van der Waals surface area (Å²) in [5, 5.41) is 6.17. The molecule has 7 heteroatoms. The summed E-state index contributed by atoms with van der Waals surface area (Å²) in [4.78, 5) is 5.19. The van der Waals surface area contributed by atoms with Gasteiger partial charge in [0.05, 0.1) is 16.6 Å². The molecule has 0 aliphatic rings. The van der Waals surface area contributed by atoms with Crippen molar-refractivity contribution in [3.05, 3.63) is 103 Å². The Balaban J connectivity index is 1.37. The summed E-state index contributed by atoms with van der Waals surface area (Å²) >= 11 is 0. The highest BCUT2D eigenvalue weighted by Crippen LogP contribution is 2.38. The van der Waals surface area contributed by atoms with E-state index in [2.05, 4.69) is 147 Å². The first-order chi connectivity index (χ1) is 20.4. The SMILES string of the molecule is Bc1c(B)c(B)c(-c2ccc(-c3ccc4c5ccc6ccccc6c5c5nc6ccccc6n5c4c3)cc2)c(B)c1B. The number of rotatable bonds is 2. The number of pyridine rings is 1. The summed E-state index contributed by atoms with van der Waals surface area (Å²) in [6.07, 6.45) is 0. The highest BCUT2D eigenvalue weighted by atomic mass is 15.0. The van der Waals surface area contributed by atoms with Crippen LogP contribution in [0.2, 0.25) is 0 Å². The van der Waals surface area contributed by atoms with E-state index in [4.69, 9.17) is 4.98 Å². The first kappa shape index (κ1) is 25.1. The van der Waals surface area contributed by atoms with Gasteiger partial charge in [-0.2, -0.15) is 0 Å². The van der Waals surface area contributed by atoms with Crippen molar-refractivity contribution >= 4 is 116 Å². The van der Waals surface area contributed by atoms with Gasteiger partial charge in [0.15, 0.2) is 0 Å². The lowest BCUT2D eigenvalue weighted by molar-refractivity contribution is 1.32. The van der Waals surface area contributed by atoms with Crippen LogP contribution >= 0.6 is 0 Å². The van der Waals surface area contributed by atoms with Gasteiger partial charge in [0.1, 0.15) is 44.9 Å². The first-order valence-corrected chi connectivity index (χ1v) is 14.7. The van der Waals surface area contributed by atoms with Crippen molar-refractivity contribution in [1.29, 1.82) is 0 Å². The molecule has 0 atom stereocenters. The zero-order chi connectivity index (χ0) is 28.7. The lowest BCUT2D eigenvalue weighted by Crippen LogP contribution is -2.55. The van der Waals surface area contributed by atoms with Crippen molar-refractivity contribution < 1.29 is 0 Å². The van der Waals surface area contributed by atoms with Gasteiger partial charge in [-0.15, -0.1) is 16.4 Å². The summed E-state index contributed by atoms with van der Waals surface area (Å²) in [6.45, 7) is 0. The highest BCUT2D eigenvalue weighted by Gasteiger charge is 2.17. The number of nitrogens with zero attached hydrogens (tertiary/aromatic N) is 2. The largest absolute Gasteiger partial charge is 0.292 e. The Bertz CT molecular complexity index is 2380. The number of aromatic nitrogens is 2. The first-order valence-electron chi connectivity index (χ1n) is 14.7. The zero-order valence-corrected chi connectivity index (χ0v) is 24.7. The number of hydrogen-bond donors (Lipinski definition) is 0. The maximum absolute atomic E-state index is 5.19. The third kappa shape index (κ3) is 3.49. The molecule has 6 aromatic carbocycles. The quantitative estimate of drug-likeness (QED) is 0.237. The summed E-state index contributed by atoms with van der Waals surface area (Å²) in [5.41, 5.74) is 16.4. The second-order valence-electron chi connectivity index (χ2n) is 11.8. The summed E-state index contributed by atoms with van der Waals surface area (Å²) < 4.78 is 2.36. The maximum atomic E-state index is 5.19. The van der Waals surface area contributed by atoms with Gasteiger partial charge in [0, 0.05) is 10.8 Å². The third-order valence-corrected chi connectivity index (χ3v) is 9.75. The van der Waals surface area contributed by atoms with Crippen molar-refractivity contribution in [1.82, 2.24) is 9.38 Å². The molecule has 0 radical (unpaired) electrons. The van der Waals surface area contributed by atoms with Crippen LogP contribution in [-0.2, 0) is 0 Å². The van der Waals surface area contributed by atoms with Gasteiger partial charge in [-0.1, -0.05) is 95.9 Å². The molecular weight excluding hydrogens is 502 g/mol. The van der Waals surface area contributed by atoms with Crippen LogP contribution in [0.1, 0.15) is 0 Å². The molecule has 42 heavy (non-hydrogen) atoms. The zero-order valence-electron chi connectivity index (χ0n) is 24.7. The van der Waals surface area contributed by atoms with Crippen molar-refractivity contribution in [3.63, 3.8) is 0 Å². The fraction of sp³-hybridized carbons (Fsp3) is 0. The molecule has 0 saturated heterocycles. The van der Waals surface area contributed by atoms with E-state index in [1.54, 1.807) is 0 Å². The minimum absolute atomic E-state index is 1.01. The maximum Gasteiger partial charge on any atom is 0.147 e. The molecule has 2 nitrogen and oxygen atoms in total. The lowest BCUT2D eigenvalue weighted by atomic mass is 9.59. The molecule has 2 aromatic heterocycles. The predicted octanol–water partition coefficient (Wildman–Crippen LogP) is 0.573. The van der Waals surface area contributed by atoms with Crippen LogP contribution in [0.4, 0.5) is 0 Å². The van der Waals surface area contributed by atoms with E-state index in [9.17, 15) is 0 Å². The predicted molar refractivity (Wildman–Crippen MR) is 197 cm³/mol. The molecule has 0 unspecified atom stereocenters. The fourth-order valence-corrected chi connectivity index (χ4v) is 7.06. The Morgan fingerprint density at radius 3 is 1.88 bits per heavy atom. The molecule has 2 heterocycles. The standard InChI is InChI=1S/C35H27B5N2/c36-30-28(31(37)33(39)34(40)32(30)38)20-11-9-18(10-12-20)21-14-15-23-24-16-13-19-5-1-2-6-22(19)29(24)35-41-25-7-3-4-8-26(25)42(35)27(23)17-21/h1-17H,36-40H2. The minimum atomic E-state index is 1.01. The van der Waals surface area contributed by atoms with E-state index >= 15 is 0 Å². The van der Waals surface area contributed by atoms with Gasteiger partial charge < -0.3 is 0 Å². The number of hydrogen-bond acceptors (Lipinski definition) is 1. The molecule has 0 saturated carbocycles. The average Bonchev–Trinajstić information content (AvgIpc) is 3.42. The van der Waals surface area contributed by atoms with E-state index in [1.807, 2.05) is 0 Å². The minimum Gasteiger partial charge on any atom is -0.292 e. The molecule has 8 aromatic rings. The summed E-state index contributed by atoms with van der Waals surface area (Å²) in [6, 6.07) is 37.7. The van der Waals surface area contributed by atoms with E-state index in [0.29, 0.717) is 0 Å². The van der Waals surface area contributed by atoms with Crippen LogP contribution < -0.4 is 27.3 Å². The van der Waals surface area contributed by atoms with E-state index in [1.165, 1.54) is 82.0 Å². The fourth-order valence-electron chi connectivity index (χ4n) is 7.06. The monoisotopic (exact) mass is 530 g/mol. The normalized spacial score (nSPS) is 11.8. The van der Waals surface area contributed by atoms with Crippen LogP contribution in [0.15, 0.2) is 103 Å². The molecule has 0 spiro atoms. The Morgan fingerprint density at radius 1 is 0.476 bits per heavy atom. The Morgan fingerprint density at radius 2 is 1.10 bits per heavy atom. The Kier molecular flexibility index (Phi) is 5.50. The number of para-hydroxylation sites is 2. The van der Waals surface area contributed by atoms with Crippen LogP contribution in [0, 0.1) is 0 Å². The van der Waals surface area contributed by atoms with E-state index < -0.39 is 0 Å². The van der Waals surface area contributed by atoms with Crippen molar-refractivity contribution in [3.8, 4) is 22.3 Å². The van der Waals surface area contributed by atoms with Crippen LogP contribution in [0.3, 0.4) is 0 Å². The van der Waals surface area contributed by atoms with Crippen LogP contribution in [-0.4, -0.2) is 48.6 Å². The smallest absolute Gasteiger partial charge is 0.147 e. The van der Waals surface area contributed by atoms with Gasteiger partial charge in [-0.05, 0) is 56.6 Å². The topological polar surface area (TPSA) is 17.3 Å². The van der Waals surface area contributed by atoms with Gasteiger partial charge in [-0.3, -0.25) is 4.40 Å². The number of benzene rings is 6. The summed E-state index contributed by atoms with van der Waals surface area (Å²) in [7, 11) is 11.3. The Labute approximate surface area is 249 Å². The molecule has 192 valence electrons. The highest BCUT2D eigenvalue weighted by molar-refractivity contribution is 6.68. The van der Waals surface area contributed by atoms with Gasteiger partial charge in [0.2, 0.25) is 0 Å². The van der Waals surface area contributed by atoms with E-state index in [0.717, 1.165) is 16.7 Å². The van der Waals surface area contributed by atoms with Crippen molar-refractivity contribution in [2.24, 2.45) is 0 Å². The molecule has 0 N–H and O–H groups in total. The average molecular weight is 530 g/mol. The molecule has 0 aliphatic heterocycles. The molecule has 0 amide bonds.